The molecule has 0 aliphatic heterocycles. The van der Waals surface area contributed by atoms with Crippen LogP contribution in [0.5, 0.6) is 0 Å². The summed E-state index contributed by atoms with van der Waals surface area (Å²) < 4.78 is 13.2. The molecule has 2 aromatic rings. The van der Waals surface area contributed by atoms with Crippen LogP contribution in [0.2, 0.25) is 0 Å². The minimum atomic E-state index is -0.347. The minimum absolute atomic E-state index is 0.161. The highest BCUT2D eigenvalue weighted by molar-refractivity contribution is 5.92. The van der Waals surface area contributed by atoms with Crippen molar-refractivity contribution in [1.29, 1.82) is 0 Å². The van der Waals surface area contributed by atoms with E-state index in [4.69, 9.17) is 0 Å². The van der Waals surface area contributed by atoms with Gasteiger partial charge in [-0.1, -0.05) is 25.0 Å². The molecule has 1 heterocycles. The quantitative estimate of drug-likeness (QED) is 0.908. The Labute approximate surface area is 132 Å². The molecule has 2 N–H and O–H groups in total. The second kappa shape index (κ2) is 6.32. The van der Waals surface area contributed by atoms with Crippen LogP contribution < -0.4 is 10.9 Å². The highest BCUT2D eigenvalue weighted by atomic mass is 19.1. The van der Waals surface area contributed by atoms with E-state index in [1.54, 1.807) is 12.1 Å². The number of aromatic amines is 1. The summed E-state index contributed by atoms with van der Waals surface area (Å²) in [6, 6.07) is 9.18. The van der Waals surface area contributed by atoms with Gasteiger partial charge in [-0.15, -0.1) is 0 Å². The fourth-order valence-corrected chi connectivity index (χ4v) is 3.23. The van der Waals surface area contributed by atoms with Gasteiger partial charge in [0.05, 0.1) is 0 Å². The zero-order valence-electron chi connectivity index (χ0n) is 12.6. The van der Waals surface area contributed by atoms with Crippen molar-refractivity contribution >= 4 is 5.91 Å². The van der Waals surface area contributed by atoms with Crippen LogP contribution >= 0.6 is 0 Å². The normalized spacial score (nSPS) is 16.2. The Hall–Kier alpha value is -2.50. The van der Waals surface area contributed by atoms with Gasteiger partial charge in [0.15, 0.2) is 0 Å². The summed E-state index contributed by atoms with van der Waals surface area (Å²) in [7, 11) is 0. The average Bonchev–Trinajstić information content (AvgIpc) is 3.04. The number of hydrogen-bond acceptors (Lipinski definition) is 3. The smallest absolute Gasteiger partial charge is 0.271 e. The Balaban J connectivity index is 1.75. The number of rotatable bonds is 4. The monoisotopic (exact) mass is 315 g/mol. The molecule has 1 fully saturated rings. The fraction of sp³-hybridized carbons (Fsp3) is 0.353. The van der Waals surface area contributed by atoms with E-state index in [-0.39, 0.29) is 28.4 Å². The maximum absolute atomic E-state index is 13.2. The zero-order valence-corrected chi connectivity index (χ0v) is 12.6. The lowest BCUT2D eigenvalue weighted by molar-refractivity contribution is 0.0937. The summed E-state index contributed by atoms with van der Waals surface area (Å²) in [5.74, 6) is -0.585. The lowest BCUT2D eigenvalue weighted by atomic mass is 9.79. The maximum atomic E-state index is 13.2. The summed E-state index contributed by atoms with van der Waals surface area (Å²) >= 11 is 0. The molecular formula is C17H18FN3O2. The molecule has 0 radical (unpaired) electrons. The third kappa shape index (κ3) is 3.31. The first kappa shape index (κ1) is 15.4. The van der Waals surface area contributed by atoms with E-state index in [0.29, 0.717) is 6.54 Å². The van der Waals surface area contributed by atoms with E-state index < -0.39 is 0 Å². The highest BCUT2D eigenvalue weighted by Crippen LogP contribution is 2.40. The Bertz CT molecular complexity index is 729. The second-order valence-corrected chi connectivity index (χ2v) is 5.98. The molecule has 23 heavy (non-hydrogen) atoms. The molecule has 1 amide bonds. The molecule has 1 aliphatic rings. The summed E-state index contributed by atoms with van der Waals surface area (Å²) in [5.41, 5.74) is 0.717. The molecule has 0 saturated heterocycles. The predicted molar refractivity (Wildman–Crippen MR) is 83.7 cm³/mol. The van der Waals surface area contributed by atoms with Crippen LogP contribution in [0.3, 0.4) is 0 Å². The van der Waals surface area contributed by atoms with Crippen LogP contribution in [0.25, 0.3) is 0 Å². The third-order valence-corrected chi connectivity index (χ3v) is 4.52. The van der Waals surface area contributed by atoms with Gasteiger partial charge < -0.3 is 5.32 Å². The number of aromatic nitrogens is 2. The van der Waals surface area contributed by atoms with Gasteiger partial charge in [0.2, 0.25) is 0 Å². The molecular weight excluding hydrogens is 297 g/mol. The summed E-state index contributed by atoms with van der Waals surface area (Å²) in [5, 5.41) is 8.88. The first-order valence-electron chi connectivity index (χ1n) is 7.69. The van der Waals surface area contributed by atoms with Gasteiger partial charge in [-0.25, -0.2) is 9.49 Å². The van der Waals surface area contributed by atoms with Gasteiger partial charge in [0, 0.05) is 18.0 Å². The lowest BCUT2D eigenvalue weighted by Gasteiger charge is -2.30. The van der Waals surface area contributed by atoms with E-state index in [1.807, 2.05) is 0 Å². The molecule has 6 heteroatoms. The van der Waals surface area contributed by atoms with Crippen molar-refractivity contribution in [3.8, 4) is 0 Å². The van der Waals surface area contributed by atoms with Crippen LogP contribution in [0.15, 0.2) is 41.2 Å². The average molecular weight is 315 g/mol. The molecule has 0 bridgehead atoms. The Morgan fingerprint density at radius 2 is 1.87 bits per heavy atom. The molecule has 0 spiro atoms. The van der Waals surface area contributed by atoms with Gasteiger partial charge in [-0.05, 0) is 36.6 Å². The third-order valence-electron chi connectivity index (χ3n) is 4.52. The van der Waals surface area contributed by atoms with Gasteiger partial charge in [0.25, 0.3) is 11.5 Å². The molecule has 0 atom stereocenters. The van der Waals surface area contributed by atoms with Crippen molar-refractivity contribution in [2.24, 2.45) is 0 Å². The standard InChI is InChI=1S/C17H18FN3O2/c18-13-5-3-12(4-6-13)17(9-1-2-10-17)11-19-16(23)14-7-8-15(22)21-20-14/h3-8H,1-2,9-11H2,(H,19,23)(H,21,22). The predicted octanol–water partition coefficient (Wildman–Crippen LogP) is 2.15. The van der Waals surface area contributed by atoms with Crippen molar-refractivity contribution in [2.45, 2.75) is 31.1 Å². The van der Waals surface area contributed by atoms with Gasteiger partial charge >= 0.3 is 0 Å². The molecule has 5 nitrogen and oxygen atoms in total. The maximum Gasteiger partial charge on any atom is 0.271 e. The Morgan fingerprint density at radius 3 is 2.48 bits per heavy atom. The number of hydrogen-bond donors (Lipinski definition) is 2. The molecule has 1 saturated carbocycles. The van der Waals surface area contributed by atoms with Crippen molar-refractivity contribution in [3.05, 3.63) is 63.8 Å². The van der Waals surface area contributed by atoms with E-state index in [1.165, 1.54) is 24.3 Å². The van der Waals surface area contributed by atoms with Crippen LogP contribution in [0, 0.1) is 5.82 Å². The molecule has 0 unspecified atom stereocenters. The largest absolute Gasteiger partial charge is 0.350 e. The van der Waals surface area contributed by atoms with E-state index in [9.17, 15) is 14.0 Å². The van der Waals surface area contributed by atoms with Crippen molar-refractivity contribution < 1.29 is 9.18 Å². The van der Waals surface area contributed by atoms with Gasteiger partial charge in [0.1, 0.15) is 11.5 Å². The number of carbonyl (C=O) groups is 1. The van der Waals surface area contributed by atoms with Crippen molar-refractivity contribution in [2.75, 3.05) is 6.54 Å². The van der Waals surface area contributed by atoms with E-state index in [2.05, 4.69) is 15.5 Å². The number of halogens is 1. The molecule has 120 valence electrons. The molecule has 1 aliphatic carbocycles. The Morgan fingerprint density at radius 1 is 1.17 bits per heavy atom. The van der Waals surface area contributed by atoms with Crippen LogP contribution in [-0.2, 0) is 5.41 Å². The highest BCUT2D eigenvalue weighted by Gasteiger charge is 2.36. The number of amides is 1. The number of nitrogens with one attached hydrogen (secondary N) is 2. The van der Waals surface area contributed by atoms with Crippen LogP contribution in [-0.4, -0.2) is 22.6 Å². The lowest BCUT2D eigenvalue weighted by Crippen LogP contribution is -2.39. The topological polar surface area (TPSA) is 74.8 Å². The SMILES string of the molecule is O=C(NCC1(c2ccc(F)cc2)CCCC1)c1ccc(=O)[nH]n1. The summed E-state index contributed by atoms with van der Waals surface area (Å²) in [6.45, 7) is 0.471. The van der Waals surface area contributed by atoms with Crippen LogP contribution in [0.4, 0.5) is 4.39 Å². The van der Waals surface area contributed by atoms with Crippen molar-refractivity contribution in [3.63, 3.8) is 0 Å². The number of benzene rings is 1. The van der Waals surface area contributed by atoms with E-state index in [0.717, 1.165) is 31.2 Å². The molecule has 1 aromatic carbocycles. The minimum Gasteiger partial charge on any atom is -0.350 e. The van der Waals surface area contributed by atoms with E-state index >= 15 is 0 Å². The van der Waals surface area contributed by atoms with Crippen LogP contribution in [0.1, 0.15) is 41.7 Å². The van der Waals surface area contributed by atoms with Crippen molar-refractivity contribution in [1.82, 2.24) is 15.5 Å². The van der Waals surface area contributed by atoms with Gasteiger partial charge in [-0.2, -0.15) is 5.10 Å². The summed E-state index contributed by atoms with van der Waals surface area (Å²) in [4.78, 5) is 23.2. The fourth-order valence-electron chi connectivity index (χ4n) is 3.23. The zero-order chi connectivity index (χ0) is 16.3. The first-order chi connectivity index (χ1) is 11.1. The Kier molecular flexibility index (Phi) is 4.23. The number of nitrogens with zero attached hydrogens (tertiary/aromatic N) is 1. The van der Waals surface area contributed by atoms with Gasteiger partial charge in [-0.3, -0.25) is 9.59 Å². The molecule has 3 rings (SSSR count). The number of carbonyl (C=O) groups excluding carboxylic acids is 1. The summed E-state index contributed by atoms with van der Waals surface area (Å²) in [6.07, 6.45) is 4.09. The first-order valence-corrected chi connectivity index (χ1v) is 7.69. The second-order valence-electron chi connectivity index (χ2n) is 5.98. The molecule has 1 aromatic heterocycles. The number of H-pyrrole nitrogens is 1.